The minimum absolute atomic E-state index is 0.0149. The van der Waals surface area contributed by atoms with E-state index in [2.05, 4.69) is 5.32 Å². The number of hydrogen-bond donors (Lipinski definition) is 1. The normalized spacial score (nSPS) is 35.9. The second-order valence-corrected chi connectivity index (χ2v) is 7.55. The van der Waals surface area contributed by atoms with Crippen molar-refractivity contribution in [2.45, 2.75) is 87.7 Å². The van der Waals surface area contributed by atoms with Crippen molar-refractivity contribution < 1.29 is 18.7 Å². The first kappa shape index (κ1) is 15.4. The largest absolute Gasteiger partial charge is 0.363 e. The van der Waals surface area contributed by atoms with E-state index in [1.165, 1.54) is 6.42 Å². The topological polar surface area (TPSA) is 58.6 Å². The summed E-state index contributed by atoms with van der Waals surface area (Å²) in [7, 11) is 0. The van der Waals surface area contributed by atoms with Crippen LogP contribution in [0.5, 0.6) is 0 Å². The average Bonchev–Trinajstić information content (AvgIpc) is 2.90. The van der Waals surface area contributed by atoms with Gasteiger partial charge in [-0.25, -0.2) is 4.39 Å². The lowest BCUT2D eigenvalue weighted by Gasteiger charge is -2.40. The highest BCUT2D eigenvalue weighted by Gasteiger charge is 2.52. The van der Waals surface area contributed by atoms with Crippen LogP contribution in [0.3, 0.4) is 0 Å². The Morgan fingerprint density at radius 1 is 1.09 bits per heavy atom. The number of hydrogen-bond acceptors (Lipinski definition) is 3. The van der Waals surface area contributed by atoms with Crippen molar-refractivity contribution in [2.75, 3.05) is 6.54 Å². The zero-order chi connectivity index (χ0) is 16.0. The van der Waals surface area contributed by atoms with Crippen molar-refractivity contribution in [1.29, 1.82) is 0 Å². The van der Waals surface area contributed by atoms with Crippen molar-refractivity contribution >= 4 is 11.8 Å². The van der Waals surface area contributed by atoms with Crippen LogP contribution < -0.4 is 5.32 Å². The number of amides is 2. The Morgan fingerprint density at radius 3 is 2.48 bits per heavy atom. The zero-order valence-electron chi connectivity index (χ0n) is 13.4. The molecule has 4 rings (SSSR count). The molecular formula is C17H25FN2O3. The minimum Gasteiger partial charge on any atom is -0.363 e. The second-order valence-electron chi connectivity index (χ2n) is 7.55. The van der Waals surface area contributed by atoms with Gasteiger partial charge in [0.2, 0.25) is 5.91 Å². The molecule has 2 heterocycles. The molecule has 0 radical (unpaired) electrons. The van der Waals surface area contributed by atoms with Gasteiger partial charge >= 0.3 is 0 Å². The molecule has 23 heavy (non-hydrogen) atoms. The second kappa shape index (κ2) is 5.72. The van der Waals surface area contributed by atoms with Crippen molar-refractivity contribution in [3.8, 4) is 0 Å². The number of carbonyl (C=O) groups excluding carboxylic acids is 2. The molecule has 0 unspecified atom stereocenters. The molecule has 0 aromatic carbocycles. The zero-order valence-corrected chi connectivity index (χ0v) is 13.4. The quantitative estimate of drug-likeness (QED) is 0.859. The molecule has 4 fully saturated rings. The van der Waals surface area contributed by atoms with Crippen LogP contribution in [0.25, 0.3) is 0 Å². The Bertz CT molecular complexity index is 504. The number of nitrogens with one attached hydrogen (secondary N) is 1. The number of ether oxygens (including phenoxy) is 1. The minimum atomic E-state index is -1.63. The van der Waals surface area contributed by atoms with Crippen LogP contribution in [0.2, 0.25) is 0 Å². The van der Waals surface area contributed by atoms with E-state index in [1.807, 2.05) is 0 Å². The summed E-state index contributed by atoms with van der Waals surface area (Å²) in [4.78, 5) is 26.4. The van der Waals surface area contributed by atoms with Gasteiger partial charge < -0.3 is 15.0 Å². The van der Waals surface area contributed by atoms with E-state index in [0.29, 0.717) is 38.3 Å². The molecule has 6 heteroatoms. The highest BCUT2D eigenvalue weighted by Crippen LogP contribution is 2.41. The Balaban J connectivity index is 1.35. The van der Waals surface area contributed by atoms with Gasteiger partial charge in [0, 0.05) is 12.6 Å². The molecule has 0 spiro atoms. The summed E-state index contributed by atoms with van der Waals surface area (Å²) < 4.78 is 20.4. The van der Waals surface area contributed by atoms with Crippen molar-refractivity contribution in [3.05, 3.63) is 0 Å². The molecule has 1 N–H and O–H groups in total. The molecule has 0 bridgehead atoms. The Morgan fingerprint density at radius 2 is 1.87 bits per heavy atom. The fourth-order valence-electron chi connectivity index (χ4n) is 4.18. The number of fused-ring (bicyclic) bond motifs is 1. The lowest BCUT2D eigenvalue weighted by atomic mass is 9.80. The molecule has 2 saturated carbocycles. The number of halogens is 1. The summed E-state index contributed by atoms with van der Waals surface area (Å²) in [5.41, 5.74) is -1.63. The highest BCUT2D eigenvalue weighted by molar-refractivity contribution is 5.87. The molecule has 5 nitrogen and oxygen atoms in total. The molecule has 2 amide bonds. The average molecular weight is 324 g/mol. The van der Waals surface area contributed by atoms with Gasteiger partial charge in [0.05, 0.1) is 12.1 Å². The first-order valence-electron chi connectivity index (χ1n) is 9.03. The Hall–Kier alpha value is -1.17. The maximum atomic E-state index is 14.4. The highest BCUT2D eigenvalue weighted by atomic mass is 19.1. The van der Waals surface area contributed by atoms with Crippen LogP contribution in [0, 0.1) is 0 Å². The summed E-state index contributed by atoms with van der Waals surface area (Å²) in [5.74, 6) is -0.365. The van der Waals surface area contributed by atoms with Gasteiger partial charge in [-0.15, -0.1) is 0 Å². The van der Waals surface area contributed by atoms with Crippen molar-refractivity contribution in [2.24, 2.45) is 0 Å². The standard InChI is InChI=1S/C17H25FN2O3/c18-17(8-2-9-17)16(22)20-10-7-13-12(20)5-6-14(23-13)15(21)19-11-3-1-4-11/h11-14H,1-10H2,(H,19,21)/t12-,13-,14+/m1/s1. The Labute approximate surface area is 135 Å². The third-order valence-corrected chi connectivity index (χ3v) is 6.08. The van der Waals surface area contributed by atoms with Gasteiger partial charge in [-0.1, -0.05) is 0 Å². The van der Waals surface area contributed by atoms with Gasteiger partial charge in [-0.2, -0.15) is 0 Å². The SMILES string of the molecule is O=C(NC1CCC1)[C@@H]1CC[C@@H]2[C@@H](CCN2C(=O)C2(F)CCC2)O1. The van der Waals surface area contributed by atoms with Crippen LogP contribution in [0.15, 0.2) is 0 Å². The summed E-state index contributed by atoms with van der Waals surface area (Å²) >= 11 is 0. The lowest BCUT2D eigenvalue weighted by Crippen LogP contribution is -2.55. The molecule has 3 atom stereocenters. The van der Waals surface area contributed by atoms with E-state index in [9.17, 15) is 14.0 Å². The number of nitrogens with zero attached hydrogens (tertiary/aromatic N) is 1. The van der Waals surface area contributed by atoms with Gasteiger partial charge in [-0.3, -0.25) is 9.59 Å². The predicted octanol–water partition coefficient (Wildman–Crippen LogP) is 1.70. The third kappa shape index (κ3) is 2.65. The van der Waals surface area contributed by atoms with Crippen LogP contribution in [0.4, 0.5) is 4.39 Å². The molecule has 2 aliphatic heterocycles. The van der Waals surface area contributed by atoms with Crippen LogP contribution in [0.1, 0.15) is 57.8 Å². The summed E-state index contributed by atoms with van der Waals surface area (Å²) in [6, 6.07) is 0.263. The number of alkyl halides is 1. The van der Waals surface area contributed by atoms with E-state index in [1.54, 1.807) is 4.90 Å². The van der Waals surface area contributed by atoms with E-state index < -0.39 is 11.8 Å². The van der Waals surface area contributed by atoms with Gasteiger partial charge in [0.15, 0.2) is 5.67 Å². The summed E-state index contributed by atoms with van der Waals surface area (Å²) in [6.07, 6.45) is 6.34. The molecule has 128 valence electrons. The molecule has 0 aromatic heterocycles. The summed E-state index contributed by atoms with van der Waals surface area (Å²) in [5, 5.41) is 3.04. The lowest BCUT2D eigenvalue weighted by molar-refractivity contribution is -0.157. The fourth-order valence-corrected chi connectivity index (χ4v) is 4.18. The summed E-state index contributed by atoms with van der Waals surface area (Å²) in [6.45, 7) is 0.552. The molecular weight excluding hydrogens is 299 g/mol. The fraction of sp³-hybridized carbons (Fsp3) is 0.882. The van der Waals surface area contributed by atoms with Gasteiger partial charge in [0.25, 0.3) is 5.91 Å². The maximum absolute atomic E-state index is 14.4. The number of carbonyl (C=O) groups is 2. The van der Waals surface area contributed by atoms with E-state index in [-0.39, 0.29) is 24.0 Å². The molecule has 2 saturated heterocycles. The van der Waals surface area contributed by atoms with Crippen molar-refractivity contribution in [3.63, 3.8) is 0 Å². The van der Waals surface area contributed by atoms with Gasteiger partial charge in [-0.05, 0) is 57.8 Å². The van der Waals surface area contributed by atoms with E-state index in [0.717, 1.165) is 25.7 Å². The molecule has 0 aromatic rings. The van der Waals surface area contributed by atoms with Crippen LogP contribution >= 0.6 is 0 Å². The first-order valence-corrected chi connectivity index (χ1v) is 9.03. The number of likely N-dealkylation sites (tertiary alicyclic amines) is 1. The Kier molecular flexibility index (Phi) is 3.82. The van der Waals surface area contributed by atoms with Crippen LogP contribution in [-0.2, 0) is 14.3 Å². The predicted molar refractivity (Wildman–Crippen MR) is 81.5 cm³/mol. The van der Waals surface area contributed by atoms with E-state index in [4.69, 9.17) is 4.74 Å². The maximum Gasteiger partial charge on any atom is 0.260 e. The van der Waals surface area contributed by atoms with Crippen LogP contribution in [-0.4, -0.2) is 53.2 Å². The van der Waals surface area contributed by atoms with Crippen molar-refractivity contribution in [1.82, 2.24) is 10.2 Å². The smallest absolute Gasteiger partial charge is 0.260 e. The first-order chi connectivity index (χ1) is 11.1. The number of rotatable bonds is 3. The van der Waals surface area contributed by atoms with Gasteiger partial charge in [0.1, 0.15) is 6.10 Å². The molecule has 4 aliphatic rings. The third-order valence-electron chi connectivity index (χ3n) is 6.08. The monoisotopic (exact) mass is 324 g/mol. The molecule has 2 aliphatic carbocycles. The van der Waals surface area contributed by atoms with E-state index >= 15 is 0 Å².